The number of rotatable bonds is 2. The van der Waals surface area contributed by atoms with E-state index in [0.29, 0.717) is 10.9 Å². The first kappa shape index (κ1) is 12.0. The summed E-state index contributed by atoms with van der Waals surface area (Å²) in [6.45, 7) is 2.14. The normalized spacial score (nSPS) is 11.1. The maximum absolute atomic E-state index is 13.6. The molecule has 2 heterocycles. The quantitative estimate of drug-likeness (QED) is 0.720. The molecular formula is C14H11FN2OS. The number of thiophene rings is 1. The van der Waals surface area contributed by atoms with Gasteiger partial charge in [-0.2, -0.15) is 0 Å². The molecule has 19 heavy (non-hydrogen) atoms. The minimum absolute atomic E-state index is 0.127. The molecule has 0 radical (unpaired) electrons. The smallest absolute Gasteiger partial charge is 0.262 e. The molecule has 0 amide bonds. The molecule has 0 aliphatic carbocycles. The Labute approximate surface area is 113 Å². The molecule has 0 bridgehead atoms. The summed E-state index contributed by atoms with van der Waals surface area (Å²) in [4.78, 5) is 18.3. The van der Waals surface area contributed by atoms with Crippen LogP contribution >= 0.6 is 11.3 Å². The highest BCUT2D eigenvalue weighted by atomic mass is 32.1. The first-order chi connectivity index (χ1) is 9.15. The fourth-order valence-corrected chi connectivity index (χ4v) is 2.84. The summed E-state index contributed by atoms with van der Waals surface area (Å²) < 4.78 is 15.0. The van der Waals surface area contributed by atoms with E-state index in [2.05, 4.69) is 4.98 Å². The van der Waals surface area contributed by atoms with Gasteiger partial charge in [0.15, 0.2) is 0 Å². The first-order valence-corrected chi connectivity index (χ1v) is 6.66. The fourth-order valence-electron chi connectivity index (χ4n) is 2.00. The summed E-state index contributed by atoms with van der Waals surface area (Å²) in [5.74, 6) is -0.309. The Morgan fingerprint density at radius 3 is 2.95 bits per heavy atom. The fraction of sp³-hybridized carbons (Fsp3) is 0.143. The molecule has 0 spiro atoms. The lowest BCUT2D eigenvalue weighted by Gasteiger charge is -2.06. The molecule has 5 heteroatoms. The van der Waals surface area contributed by atoms with Crippen LogP contribution in [-0.4, -0.2) is 9.55 Å². The van der Waals surface area contributed by atoms with E-state index in [4.69, 9.17) is 0 Å². The number of halogens is 1. The lowest BCUT2D eigenvalue weighted by molar-refractivity contribution is 0.595. The topological polar surface area (TPSA) is 34.9 Å². The van der Waals surface area contributed by atoms with Crippen LogP contribution in [0.1, 0.15) is 10.4 Å². The van der Waals surface area contributed by atoms with Crippen molar-refractivity contribution >= 4 is 21.6 Å². The van der Waals surface area contributed by atoms with Crippen LogP contribution in [0.15, 0.2) is 41.5 Å². The monoisotopic (exact) mass is 274 g/mol. The number of aromatic nitrogens is 2. The van der Waals surface area contributed by atoms with Crippen LogP contribution in [-0.2, 0) is 6.54 Å². The minimum Gasteiger partial charge on any atom is -0.294 e. The number of fused-ring (bicyclic) bond motifs is 1. The summed E-state index contributed by atoms with van der Waals surface area (Å²) >= 11 is 1.49. The van der Waals surface area contributed by atoms with Gasteiger partial charge in [-0.1, -0.05) is 18.2 Å². The van der Waals surface area contributed by atoms with Crippen LogP contribution in [0, 0.1) is 12.7 Å². The summed E-state index contributed by atoms with van der Waals surface area (Å²) in [5, 5.41) is 0.598. The highest BCUT2D eigenvalue weighted by Crippen LogP contribution is 2.19. The molecule has 3 nitrogen and oxygen atoms in total. The lowest BCUT2D eigenvalue weighted by atomic mass is 10.2. The van der Waals surface area contributed by atoms with Gasteiger partial charge in [0, 0.05) is 10.4 Å². The Morgan fingerprint density at radius 1 is 1.37 bits per heavy atom. The van der Waals surface area contributed by atoms with Crippen LogP contribution in [0.2, 0.25) is 0 Å². The van der Waals surface area contributed by atoms with E-state index in [-0.39, 0.29) is 17.9 Å². The standard InChI is InChI=1S/C14H11FN2OS/c1-9-6-11-13(19-9)16-8-17(14(11)18)7-10-4-2-3-5-12(10)15/h2-6,8H,7H2,1H3. The van der Waals surface area contributed by atoms with Gasteiger partial charge in [-0.05, 0) is 19.1 Å². The van der Waals surface area contributed by atoms with Gasteiger partial charge < -0.3 is 0 Å². The zero-order valence-electron chi connectivity index (χ0n) is 10.3. The van der Waals surface area contributed by atoms with Gasteiger partial charge >= 0.3 is 0 Å². The molecule has 0 N–H and O–H groups in total. The summed E-state index contributed by atoms with van der Waals surface area (Å²) in [6, 6.07) is 8.27. The van der Waals surface area contributed by atoms with Crippen molar-refractivity contribution in [2.24, 2.45) is 0 Å². The van der Waals surface area contributed by atoms with Gasteiger partial charge in [0.2, 0.25) is 0 Å². The van der Waals surface area contributed by atoms with Gasteiger partial charge in [-0.25, -0.2) is 9.37 Å². The maximum atomic E-state index is 13.6. The summed E-state index contributed by atoms with van der Waals surface area (Å²) in [6.07, 6.45) is 1.48. The number of benzene rings is 1. The Morgan fingerprint density at radius 2 is 2.16 bits per heavy atom. The predicted octanol–water partition coefficient (Wildman–Crippen LogP) is 2.95. The molecule has 96 valence electrons. The molecule has 0 aliphatic rings. The van der Waals surface area contributed by atoms with E-state index in [9.17, 15) is 9.18 Å². The van der Waals surface area contributed by atoms with Crippen LogP contribution < -0.4 is 5.56 Å². The van der Waals surface area contributed by atoms with Crippen molar-refractivity contribution in [3.8, 4) is 0 Å². The van der Waals surface area contributed by atoms with Crippen molar-refractivity contribution in [2.45, 2.75) is 13.5 Å². The van der Waals surface area contributed by atoms with Gasteiger partial charge in [0.25, 0.3) is 5.56 Å². The SMILES string of the molecule is Cc1cc2c(=O)n(Cc3ccccc3F)cnc2s1. The predicted molar refractivity (Wildman–Crippen MR) is 74.1 cm³/mol. The average Bonchev–Trinajstić information content (AvgIpc) is 2.77. The van der Waals surface area contributed by atoms with Crippen molar-refractivity contribution in [1.29, 1.82) is 0 Å². The first-order valence-electron chi connectivity index (χ1n) is 5.84. The third-order valence-corrected chi connectivity index (χ3v) is 3.90. The van der Waals surface area contributed by atoms with Crippen molar-refractivity contribution in [3.05, 3.63) is 63.3 Å². The van der Waals surface area contributed by atoms with E-state index in [1.807, 2.05) is 13.0 Å². The summed E-state index contributed by atoms with van der Waals surface area (Å²) in [5.41, 5.74) is 0.357. The molecule has 0 unspecified atom stereocenters. The number of nitrogens with zero attached hydrogens (tertiary/aromatic N) is 2. The average molecular weight is 274 g/mol. The molecule has 2 aromatic heterocycles. The molecule has 3 aromatic rings. The van der Waals surface area contributed by atoms with Crippen LogP contribution in [0.25, 0.3) is 10.2 Å². The number of hydrogen-bond donors (Lipinski definition) is 0. The zero-order valence-corrected chi connectivity index (χ0v) is 11.1. The molecule has 0 atom stereocenters. The van der Waals surface area contributed by atoms with Crippen LogP contribution in [0.3, 0.4) is 0 Å². The van der Waals surface area contributed by atoms with Crippen molar-refractivity contribution in [3.63, 3.8) is 0 Å². The van der Waals surface area contributed by atoms with Gasteiger partial charge in [-0.3, -0.25) is 9.36 Å². The zero-order chi connectivity index (χ0) is 13.4. The Kier molecular flexibility index (Phi) is 2.91. The second kappa shape index (κ2) is 4.59. The third kappa shape index (κ3) is 2.17. The highest BCUT2D eigenvalue weighted by molar-refractivity contribution is 7.18. The van der Waals surface area contributed by atoms with E-state index >= 15 is 0 Å². The van der Waals surface area contributed by atoms with E-state index in [1.165, 1.54) is 28.3 Å². The Bertz CT molecular complexity index is 807. The number of aryl methyl sites for hydroxylation is 1. The molecule has 0 saturated carbocycles. The second-order valence-electron chi connectivity index (χ2n) is 4.34. The molecule has 1 aromatic carbocycles. The largest absolute Gasteiger partial charge is 0.294 e. The molecular weight excluding hydrogens is 263 g/mol. The molecule has 0 fully saturated rings. The maximum Gasteiger partial charge on any atom is 0.262 e. The van der Waals surface area contributed by atoms with Gasteiger partial charge in [0.05, 0.1) is 18.3 Å². The van der Waals surface area contributed by atoms with Crippen molar-refractivity contribution in [2.75, 3.05) is 0 Å². The number of hydrogen-bond acceptors (Lipinski definition) is 3. The molecule has 0 saturated heterocycles. The molecule has 0 aliphatic heterocycles. The van der Waals surface area contributed by atoms with Crippen molar-refractivity contribution < 1.29 is 4.39 Å². The van der Waals surface area contributed by atoms with Gasteiger partial charge in [0.1, 0.15) is 10.6 Å². The Hall–Kier alpha value is -2.01. The third-order valence-electron chi connectivity index (χ3n) is 2.94. The van der Waals surface area contributed by atoms with E-state index in [0.717, 1.165) is 9.71 Å². The molecule has 3 rings (SSSR count). The summed E-state index contributed by atoms with van der Waals surface area (Å²) in [7, 11) is 0. The van der Waals surface area contributed by atoms with Crippen LogP contribution in [0.5, 0.6) is 0 Å². The van der Waals surface area contributed by atoms with Crippen LogP contribution in [0.4, 0.5) is 4.39 Å². The minimum atomic E-state index is -0.309. The van der Waals surface area contributed by atoms with Gasteiger partial charge in [-0.15, -0.1) is 11.3 Å². The lowest BCUT2D eigenvalue weighted by Crippen LogP contribution is -2.20. The Balaban J connectivity index is 2.09. The van der Waals surface area contributed by atoms with E-state index in [1.54, 1.807) is 18.2 Å². The van der Waals surface area contributed by atoms with Crippen molar-refractivity contribution in [1.82, 2.24) is 9.55 Å². The second-order valence-corrected chi connectivity index (χ2v) is 5.58. The van der Waals surface area contributed by atoms with E-state index < -0.39 is 0 Å². The highest BCUT2D eigenvalue weighted by Gasteiger charge is 2.09.